The fraction of sp³-hybridized carbons (Fsp3) is 0.545. The molecule has 2 rings (SSSR count). The SMILES string of the molecule is C=C(COCc1ccccc1)[C@H]1CCCC(O[Si](CC)(CC)CC)=C1Br. The summed E-state index contributed by atoms with van der Waals surface area (Å²) in [5, 5.41) is 0. The van der Waals surface area contributed by atoms with Gasteiger partial charge in [0.05, 0.1) is 19.0 Å². The third-order valence-corrected chi connectivity index (χ3v) is 11.2. The second kappa shape index (κ2) is 10.5. The largest absolute Gasteiger partial charge is 0.546 e. The lowest BCUT2D eigenvalue weighted by Gasteiger charge is -2.35. The van der Waals surface area contributed by atoms with E-state index in [0.29, 0.717) is 19.1 Å². The number of rotatable bonds is 10. The van der Waals surface area contributed by atoms with Crippen LogP contribution in [0, 0.1) is 5.92 Å². The van der Waals surface area contributed by atoms with Crippen LogP contribution in [-0.4, -0.2) is 14.9 Å². The van der Waals surface area contributed by atoms with E-state index in [2.05, 4.69) is 55.4 Å². The summed E-state index contributed by atoms with van der Waals surface area (Å²) in [7, 11) is -1.63. The zero-order chi connectivity index (χ0) is 19.0. The van der Waals surface area contributed by atoms with Gasteiger partial charge < -0.3 is 9.16 Å². The highest BCUT2D eigenvalue weighted by atomic mass is 79.9. The van der Waals surface area contributed by atoms with Crippen molar-refractivity contribution in [2.24, 2.45) is 5.92 Å². The van der Waals surface area contributed by atoms with E-state index in [1.54, 1.807) is 0 Å². The normalized spacial score (nSPS) is 18.1. The molecule has 26 heavy (non-hydrogen) atoms. The number of hydrogen-bond donors (Lipinski definition) is 0. The predicted molar refractivity (Wildman–Crippen MR) is 117 cm³/mol. The molecule has 0 N–H and O–H groups in total. The molecule has 0 saturated heterocycles. The van der Waals surface area contributed by atoms with Crippen LogP contribution in [0.4, 0.5) is 0 Å². The Morgan fingerprint density at radius 1 is 1.15 bits per heavy atom. The van der Waals surface area contributed by atoms with Gasteiger partial charge in [-0.15, -0.1) is 0 Å². The zero-order valence-electron chi connectivity index (χ0n) is 16.5. The summed E-state index contributed by atoms with van der Waals surface area (Å²) < 4.78 is 13.8. The monoisotopic (exact) mass is 436 g/mol. The minimum absolute atomic E-state index is 0.326. The lowest BCUT2D eigenvalue weighted by molar-refractivity contribution is 0.137. The Kier molecular flexibility index (Phi) is 8.65. The quantitative estimate of drug-likeness (QED) is 0.285. The first kappa shape index (κ1) is 21.5. The van der Waals surface area contributed by atoms with Gasteiger partial charge in [-0.2, -0.15) is 0 Å². The average molecular weight is 437 g/mol. The summed E-state index contributed by atoms with van der Waals surface area (Å²) >= 11 is 3.86. The molecule has 1 aliphatic carbocycles. The van der Waals surface area contributed by atoms with Crippen LogP contribution in [0.5, 0.6) is 0 Å². The van der Waals surface area contributed by atoms with E-state index in [4.69, 9.17) is 9.16 Å². The van der Waals surface area contributed by atoms with Crippen molar-refractivity contribution in [1.82, 2.24) is 0 Å². The number of halogens is 1. The smallest absolute Gasteiger partial charge is 0.250 e. The van der Waals surface area contributed by atoms with Gasteiger partial charge in [-0.1, -0.05) is 73.6 Å². The minimum atomic E-state index is -1.63. The number of benzene rings is 1. The van der Waals surface area contributed by atoms with Gasteiger partial charge in [0.1, 0.15) is 0 Å². The van der Waals surface area contributed by atoms with Crippen molar-refractivity contribution in [2.45, 2.75) is 64.8 Å². The van der Waals surface area contributed by atoms with E-state index >= 15 is 0 Å². The lowest BCUT2D eigenvalue weighted by atomic mass is 9.89. The second-order valence-electron chi connectivity index (χ2n) is 7.20. The Hall–Kier alpha value is -0.843. The highest BCUT2D eigenvalue weighted by molar-refractivity contribution is 9.11. The number of allylic oxidation sites excluding steroid dienone is 2. The van der Waals surface area contributed by atoms with Crippen LogP contribution in [0.15, 0.2) is 52.7 Å². The maximum absolute atomic E-state index is 6.68. The Bertz CT molecular complexity index is 600. The molecule has 0 aliphatic heterocycles. The molecule has 2 nitrogen and oxygen atoms in total. The summed E-state index contributed by atoms with van der Waals surface area (Å²) in [5.74, 6) is 1.51. The molecule has 4 heteroatoms. The molecule has 0 fully saturated rings. The summed E-state index contributed by atoms with van der Waals surface area (Å²) in [6, 6.07) is 13.8. The van der Waals surface area contributed by atoms with Crippen LogP contribution in [0.2, 0.25) is 18.1 Å². The van der Waals surface area contributed by atoms with E-state index in [-0.39, 0.29) is 0 Å². The van der Waals surface area contributed by atoms with E-state index in [0.717, 1.165) is 24.8 Å². The van der Waals surface area contributed by atoms with Gasteiger partial charge in [0.2, 0.25) is 8.32 Å². The Labute approximate surface area is 168 Å². The van der Waals surface area contributed by atoms with Crippen LogP contribution in [0.1, 0.15) is 45.6 Å². The van der Waals surface area contributed by atoms with Gasteiger partial charge in [-0.25, -0.2) is 0 Å². The van der Waals surface area contributed by atoms with Crippen molar-refractivity contribution >= 4 is 24.2 Å². The fourth-order valence-corrected chi connectivity index (χ4v) is 7.24. The summed E-state index contributed by atoms with van der Waals surface area (Å²) in [5.41, 5.74) is 2.34. The molecular weight excluding hydrogens is 404 g/mol. The Morgan fingerprint density at radius 2 is 1.81 bits per heavy atom. The molecule has 144 valence electrons. The van der Waals surface area contributed by atoms with Crippen molar-refractivity contribution < 1.29 is 9.16 Å². The van der Waals surface area contributed by atoms with E-state index in [9.17, 15) is 0 Å². The highest BCUT2D eigenvalue weighted by Gasteiger charge is 2.34. The molecule has 1 aromatic carbocycles. The minimum Gasteiger partial charge on any atom is -0.546 e. The van der Waals surface area contributed by atoms with Crippen LogP contribution in [0.25, 0.3) is 0 Å². The first-order valence-electron chi connectivity index (χ1n) is 9.92. The maximum Gasteiger partial charge on any atom is 0.250 e. The summed E-state index contributed by atoms with van der Waals surface area (Å²) in [4.78, 5) is 0. The van der Waals surface area contributed by atoms with Crippen LogP contribution >= 0.6 is 15.9 Å². The molecule has 0 unspecified atom stereocenters. The highest BCUT2D eigenvalue weighted by Crippen LogP contribution is 2.40. The van der Waals surface area contributed by atoms with Gasteiger partial charge in [0.15, 0.2) is 0 Å². The topological polar surface area (TPSA) is 18.5 Å². The molecule has 0 amide bonds. The Balaban J connectivity index is 1.98. The third-order valence-electron chi connectivity index (χ3n) is 5.63. The van der Waals surface area contributed by atoms with Gasteiger partial charge in [0.25, 0.3) is 0 Å². The van der Waals surface area contributed by atoms with Gasteiger partial charge in [-0.05, 0) is 42.1 Å². The third kappa shape index (κ3) is 5.58. The van der Waals surface area contributed by atoms with Crippen LogP contribution < -0.4 is 0 Å². The van der Waals surface area contributed by atoms with E-state index in [1.165, 1.54) is 33.9 Å². The standard InChI is InChI=1S/C22H33BrO2Si/c1-5-26(6-2,7-3)25-21-15-11-14-20(22(21)23)18(4)16-24-17-19-12-9-8-10-13-19/h8-10,12-13,20H,4-7,11,14-17H2,1-3H3/t20-/m1/s1. The molecule has 1 aromatic rings. The van der Waals surface area contributed by atoms with Gasteiger partial charge in [0, 0.05) is 16.8 Å². The molecule has 0 aromatic heterocycles. The number of ether oxygens (including phenoxy) is 1. The molecule has 0 spiro atoms. The molecule has 1 atom stereocenters. The van der Waals surface area contributed by atoms with Crippen molar-refractivity contribution in [3.05, 3.63) is 58.3 Å². The summed E-state index contributed by atoms with van der Waals surface area (Å²) in [6.45, 7) is 12.4. The molecule has 0 saturated carbocycles. The van der Waals surface area contributed by atoms with Crippen LogP contribution in [0.3, 0.4) is 0 Å². The van der Waals surface area contributed by atoms with Gasteiger partial charge in [-0.3, -0.25) is 0 Å². The lowest BCUT2D eigenvalue weighted by Crippen LogP contribution is -2.36. The first-order valence-corrected chi connectivity index (χ1v) is 13.2. The zero-order valence-corrected chi connectivity index (χ0v) is 19.1. The van der Waals surface area contributed by atoms with Crippen LogP contribution in [-0.2, 0) is 15.8 Å². The fourth-order valence-electron chi connectivity index (χ4n) is 3.59. The van der Waals surface area contributed by atoms with E-state index in [1.807, 2.05) is 18.2 Å². The predicted octanol–water partition coefficient (Wildman–Crippen LogP) is 7.19. The Morgan fingerprint density at radius 3 is 2.42 bits per heavy atom. The van der Waals surface area contributed by atoms with Crippen molar-refractivity contribution in [3.63, 3.8) is 0 Å². The molecule has 0 heterocycles. The van der Waals surface area contributed by atoms with Crippen molar-refractivity contribution in [2.75, 3.05) is 6.61 Å². The first-order chi connectivity index (χ1) is 12.5. The van der Waals surface area contributed by atoms with Crippen molar-refractivity contribution in [3.8, 4) is 0 Å². The van der Waals surface area contributed by atoms with E-state index < -0.39 is 8.32 Å². The van der Waals surface area contributed by atoms with Gasteiger partial charge >= 0.3 is 0 Å². The second-order valence-corrected chi connectivity index (χ2v) is 12.7. The average Bonchev–Trinajstić information content (AvgIpc) is 2.68. The van der Waals surface area contributed by atoms with Crippen molar-refractivity contribution in [1.29, 1.82) is 0 Å². The number of hydrogen-bond acceptors (Lipinski definition) is 2. The summed E-state index contributed by atoms with van der Waals surface area (Å²) in [6.07, 6.45) is 3.33. The molecule has 0 bridgehead atoms. The molecule has 0 radical (unpaired) electrons. The molecular formula is C22H33BrO2Si. The molecule has 1 aliphatic rings. The maximum atomic E-state index is 6.68.